The van der Waals surface area contributed by atoms with E-state index in [1.807, 2.05) is 52.8 Å². The predicted molar refractivity (Wildman–Crippen MR) is 145 cm³/mol. The van der Waals surface area contributed by atoms with Crippen molar-refractivity contribution in [3.8, 4) is 0 Å². The number of hydrogen-bond donors (Lipinski definition) is 0. The minimum absolute atomic E-state index is 0.0165. The Hall–Kier alpha value is -2.99. The highest BCUT2D eigenvalue weighted by molar-refractivity contribution is 9.10. The fourth-order valence-corrected chi connectivity index (χ4v) is 6.41. The first-order valence-corrected chi connectivity index (χ1v) is 13.7. The van der Waals surface area contributed by atoms with Crippen molar-refractivity contribution in [2.75, 3.05) is 6.54 Å². The lowest BCUT2D eigenvalue weighted by Gasteiger charge is -2.32. The van der Waals surface area contributed by atoms with E-state index in [0.29, 0.717) is 25.4 Å². The molecule has 2 aliphatic carbocycles. The predicted octanol–water partition coefficient (Wildman–Crippen LogP) is 5.69. The molecule has 1 aliphatic heterocycles. The Morgan fingerprint density at radius 3 is 2.50 bits per heavy atom. The van der Waals surface area contributed by atoms with Gasteiger partial charge in [-0.1, -0.05) is 77.3 Å². The zero-order valence-electron chi connectivity index (χ0n) is 20.5. The normalized spacial score (nSPS) is 20.1. The van der Waals surface area contributed by atoms with Crippen molar-refractivity contribution in [1.29, 1.82) is 0 Å². The fourth-order valence-electron chi connectivity index (χ4n) is 6.14. The molecule has 0 saturated heterocycles. The number of amides is 1. The summed E-state index contributed by atoms with van der Waals surface area (Å²) in [6, 6.07) is 18.5. The van der Waals surface area contributed by atoms with Crippen LogP contribution in [0.1, 0.15) is 59.9 Å². The average molecular weight is 544 g/mol. The van der Waals surface area contributed by atoms with E-state index in [1.165, 1.54) is 18.4 Å². The lowest BCUT2D eigenvalue weighted by molar-refractivity contribution is -0.132. The molecule has 184 valence electrons. The van der Waals surface area contributed by atoms with Crippen LogP contribution in [0, 0.1) is 18.8 Å². The maximum atomic E-state index is 13.9. The van der Waals surface area contributed by atoms with Crippen molar-refractivity contribution >= 4 is 27.4 Å². The van der Waals surface area contributed by atoms with Crippen molar-refractivity contribution in [3.63, 3.8) is 0 Å². The lowest BCUT2D eigenvalue weighted by atomic mass is 9.90. The highest BCUT2D eigenvalue weighted by atomic mass is 79.9. The summed E-state index contributed by atoms with van der Waals surface area (Å²) in [5.41, 5.74) is 4.97. The molecule has 1 fully saturated rings. The van der Waals surface area contributed by atoms with Crippen LogP contribution in [0.2, 0.25) is 0 Å². The molecule has 0 radical (unpaired) electrons. The van der Waals surface area contributed by atoms with E-state index >= 15 is 0 Å². The molecule has 0 spiro atoms. The van der Waals surface area contributed by atoms with Gasteiger partial charge in [0.25, 0.3) is 5.56 Å². The van der Waals surface area contributed by atoms with Gasteiger partial charge >= 0.3 is 0 Å². The van der Waals surface area contributed by atoms with Crippen LogP contribution in [0.4, 0.5) is 0 Å². The molecule has 1 aromatic heterocycles. The summed E-state index contributed by atoms with van der Waals surface area (Å²) in [4.78, 5) is 34.0. The van der Waals surface area contributed by atoms with Crippen molar-refractivity contribution in [2.24, 2.45) is 11.8 Å². The van der Waals surface area contributed by atoms with Crippen molar-refractivity contribution < 1.29 is 4.79 Å². The minimum Gasteiger partial charge on any atom is -0.336 e. The molecular weight excluding hydrogens is 514 g/mol. The van der Waals surface area contributed by atoms with Gasteiger partial charge in [-0.2, -0.15) is 0 Å². The molecule has 0 N–H and O–H groups in total. The zero-order valence-corrected chi connectivity index (χ0v) is 22.1. The van der Waals surface area contributed by atoms with Gasteiger partial charge in [-0.05, 0) is 60.9 Å². The largest absolute Gasteiger partial charge is 0.336 e. The molecule has 1 amide bonds. The third kappa shape index (κ3) is 4.26. The number of carbonyl (C=O) groups excluding carboxylic acids is 1. The Kier molecular flexibility index (Phi) is 6.16. The molecule has 2 heterocycles. The highest BCUT2D eigenvalue weighted by Crippen LogP contribution is 2.41. The van der Waals surface area contributed by atoms with Crippen LogP contribution in [0.3, 0.4) is 0 Å². The second-order valence-corrected chi connectivity index (χ2v) is 11.2. The van der Waals surface area contributed by atoms with E-state index in [1.54, 1.807) is 0 Å². The molecule has 2 atom stereocenters. The highest BCUT2D eigenvalue weighted by Gasteiger charge is 2.38. The van der Waals surface area contributed by atoms with E-state index in [9.17, 15) is 9.59 Å². The molecule has 0 bridgehead atoms. The number of aryl methyl sites for hydroxylation is 1. The molecule has 3 aromatic rings. The van der Waals surface area contributed by atoms with Crippen LogP contribution in [-0.4, -0.2) is 26.9 Å². The van der Waals surface area contributed by atoms with Gasteiger partial charge in [0.1, 0.15) is 5.82 Å². The number of nitrogens with zero attached hydrogens (tertiary/aromatic N) is 3. The first kappa shape index (κ1) is 23.4. The third-order valence-electron chi connectivity index (χ3n) is 8.04. The molecule has 1 saturated carbocycles. The number of aromatic nitrogens is 2. The summed E-state index contributed by atoms with van der Waals surface area (Å²) >= 11 is 3.47. The van der Waals surface area contributed by atoms with Gasteiger partial charge in [0, 0.05) is 16.6 Å². The van der Waals surface area contributed by atoms with E-state index in [0.717, 1.165) is 45.5 Å². The molecule has 6 heteroatoms. The maximum Gasteiger partial charge on any atom is 0.257 e. The number of benzene rings is 2. The van der Waals surface area contributed by atoms with E-state index < -0.39 is 0 Å². The van der Waals surface area contributed by atoms with E-state index in [-0.39, 0.29) is 23.4 Å². The summed E-state index contributed by atoms with van der Waals surface area (Å²) < 4.78 is 2.98. The number of carbonyl (C=O) groups is 1. The van der Waals surface area contributed by atoms with Crippen LogP contribution in [0.25, 0.3) is 5.57 Å². The Bertz CT molecular complexity index is 1390. The first-order valence-electron chi connectivity index (χ1n) is 12.9. The summed E-state index contributed by atoms with van der Waals surface area (Å²) in [5.74, 6) is 1.13. The second kappa shape index (κ2) is 9.47. The number of fused-ring (bicyclic) bond motifs is 1. The fraction of sp³-hybridized carbons (Fsp3) is 0.367. The van der Waals surface area contributed by atoms with Gasteiger partial charge in [-0.15, -0.1) is 0 Å². The monoisotopic (exact) mass is 543 g/mol. The van der Waals surface area contributed by atoms with E-state index in [4.69, 9.17) is 4.98 Å². The summed E-state index contributed by atoms with van der Waals surface area (Å²) in [6.45, 7) is 2.91. The maximum absolute atomic E-state index is 13.9. The summed E-state index contributed by atoms with van der Waals surface area (Å²) in [6.07, 6.45) is 7.30. The van der Waals surface area contributed by atoms with Gasteiger partial charge < -0.3 is 4.90 Å². The van der Waals surface area contributed by atoms with Crippen molar-refractivity contribution in [1.82, 2.24) is 14.5 Å². The van der Waals surface area contributed by atoms with Crippen molar-refractivity contribution in [3.05, 3.63) is 104 Å². The Balaban J connectivity index is 1.26. The van der Waals surface area contributed by atoms with Crippen LogP contribution < -0.4 is 5.56 Å². The quantitative estimate of drug-likeness (QED) is 0.415. The second-order valence-electron chi connectivity index (χ2n) is 10.3. The third-order valence-corrected chi connectivity index (χ3v) is 8.56. The lowest BCUT2D eigenvalue weighted by Crippen LogP contribution is -2.43. The number of halogens is 1. The molecule has 6 rings (SSSR count). The van der Waals surface area contributed by atoms with Gasteiger partial charge in [0.15, 0.2) is 0 Å². The van der Waals surface area contributed by atoms with Crippen LogP contribution >= 0.6 is 15.9 Å². The molecule has 2 unspecified atom stereocenters. The van der Waals surface area contributed by atoms with Gasteiger partial charge in [-0.25, -0.2) is 4.98 Å². The molecular formula is C30H30BrN3O2. The molecule has 2 aromatic carbocycles. The molecule has 5 nitrogen and oxygen atoms in total. The van der Waals surface area contributed by atoms with Crippen LogP contribution in [0.5, 0.6) is 0 Å². The first-order chi connectivity index (χ1) is 17.5. The van der Waals surface area contributed by atoms with Gasteiger partial charge in [0.2, 0.25) is 5.91 Å². The van der Waals surface area contributed by atoms with Crippen LogP contribution in [0.15, 0.2) is 69.9 Å². The molecule has 36 heavy (non-hydrogen) atoms. The zero-order chi connectivity index (χ0) is 24.8. The average Bonchev–Trinajstić information content (AvgIpc) is 3.51. The Labute approximate surface area is 220 Å². The summed E-state index contributed by atoms with van der Waals surface area (Å²) in [7, 11) is 0. The summed E-state index contributed by atoms with van der Waals surface area (Å²) in [5, 5.41) is 0. The van der Waals surface area contributed by atoms with Gasteiger partial charge in [-0.3, -0.25) is 14.2 Å². The van der Waals surface area contributed by atoms with Crippen LogP contribution in [-0.2, 0) is 17.8 Å². The standard InChI is InChI=1S/C30H30BrN3O2/c1-19-32-27-18-33(29(35)26-17-25(26)20-11-13-23(31)14-12-20)16-15-24(27)30(36)34(19)28(22-9-5-6-10-22)21-7-3-2-4-8-21/h2-4,7-8,11-14,17,22,26,28H,5-6,9-10,15-16,18H2,1H3. The Morgan fingerprint density at radius 1 is 1.06 bits per heavy atom. The smallest absolute Gasteiger partial charge is 0.257 e. The topological polar surface area (TPSA) is 55.2 Å². The molecule has 3 aliphatic rings. The number of rotatable bonds is 5. The minimum atomic E-state index is -0.168. The van der Waals surface area contributed by atoms with Crippen molar-refractivity contribution in [2.45, 2.75) is 51.6 Å². The van der Waals surface area contributed by atoms with Gasteiger partial charge in [0.05, 0.1) is 24.2 Å². The van der Waals surface area contributed by atoms with E-state index in [2.05, 4.69) is 40.2 Å². The Morgan fingerprint density at radius 2 is 1.78 bits per heavy atom. The SMILES string of the molecule is Cc1nc2c(c(=O)n1C(c1ccccc1)C1CCCC1)CCN(C(=O)C1C=C1c1ccc(Br)cc1)C2. The number of hydrogen-bond acceptors (Lipinski definition) is 3.